The normalized spacial score (nSPS) is 13.7. The van der Waals surface area contributed by atoms with Gasteiger partial charge in [0.05, 0.1) is 24.3 Å². The van der Waals surface area contributed by atoms with E-state index < -0.39 is 0 Å². The van der Waals surface area contributed by atoms with Crippen LogP contribution in [0.25, 0.3) is 0 Å². The number of hydrogen-bond donors (Lipinski definition) is 1. The summed E-state index contributed by atoms with van der Waals surface area (Å²) >= 11 is 3.68. The van der Waals surface area contributed by atoms with Crippen LogP contribution in [0.15, 0.2) is 40.9 Å². The number of halogens is 3. The number of aryl methyl sites for hydroxylation is 1. The Kier molecular flexibility index (Phi) is 14.3. The Hall–Kier alpha value is -1.02. The van der Waals surface area contributed by atoms with Crippen molar-refractivity contribution in [1.29, 1.82) is 0 Å². The molecule has 0 unspecified atom stereocenters. The number of morpholine rings is 1. The highest BCUT2D eigenvalue weighted by molar-refractivity contribution is 9.10. The van der Waals surface area contributed by atoms with Gasteiger partial charge in [0, 0.05) is 19.6 Å². The molecular weight excluding hydrogens is 515 g/mol. The fourth-order valence-corrected chi connectivity index (χ4v) is 4.06. The Morgan fingerprint density at radius 1 is 1.03 bits per heavy atom. The Balaban J connectivity index is 0.00000256. The van der Waals surface area contributed by atoms with Crippen LogP contribution in [-0.2, 0) is 17.9 Å². The van der Waals surface area contributed by atoms with E-state index in [1.165, 1.54) is 11.1 Å². The van der Waals surface area contributed by atoms with E-state index in [1.807, 2.05) is 6.92 Å². The summed E-state index contributed by atoms with van der Waals surface area (Å²) in [6.45, 7) is 11.9. The largest absolute Gasteiger partial charge is 0.490 e. The molecule has 0 radical (unpaired) electrons. The highest BCUT2D eigenvalue weighted by Crippen LogP contribution is 2.37. The quantitative estimate of drug-likeness (QED) is 0.381. The molecule has 1 saturated heterocycles. The van der Waals surface area contributed by atoms with Gasteiger partial charge in [-0.1, -0.05) is 29.8 Å². The molecule has 1 N–H and O–H groups in total. The fraction of sp³-hybridized carbons (Fsp3) is 0.500. The number of nitrogens with one attached hydrogen (secondary N) is 1. The van der Waals surface area contributed by atoms with E-state index in [-0.39, 0.29) is 24.8 Å². The zero-order valence-corrected chi connectivity index (χ0v) is 22.1. The Labute approximate surface area is 213 Å². The van der Waals surface area contributed by atoms with Crippen LogP contribution in [-0.4, -0.2) is 50.9 Å². The van der Waals surface area contributed by atoms with Crippen LogP contribution in [0.1, 0.15) is 30.0 Å². The second kappa shape index (κ2) is 15.8. The summed E-state index contributed by atoms with van der Waals surface area (Å²) in [4.78, 5) is 2.47. The van der Waals surface area contributed by atoms with E-state index in [4.69, 9.17) is 14.2 Å². The number of nitrogens with zero attached hydrogens (tertiary/aromatic N) is 1. The topological polar surface area (TPSA) is 43.0 Å². The van der Waals surface area contributed by atoms with Crippen molar-refractivity contribution in [3.05, 3.63) is 57.6 Å². The Morgan fingerprint density at radius 3 is 2.44 bits per heavy atom. The van der Waals surface area contributed by atoms with Crippen molar-refractivity contribution < 1.29 is 14.2 Å². The van der Waals surface area contributed by atoms with Gasteiger partial charge < -0.3 is 19.5 Å². The second-order valence-corrected chi connectivity index (χ2v) is 8.45. The SMILES string of the molecule is CCOc1cc(CNCCCN2CCOCC2)cc(Br)c1OCc1ccc(C)cc1.Cl.Cl. The van der Waals surface area contributed by atoms with E-state index >= 15 is 0 Å². The zero-order valence-electron chi connectivity index (χ0n) is 18.9. The maximum atomic E-state index is 6.10. The number of hydrogen-bond acceptors (Lipinski definition) is 5. The monoisotopic (exact) mass is 548 g/mol. The molecule has 0 bridgehead atoms. The lowest BCUT2D eigenvalue weighted by Gasteiger charge is -2.26. The van der Waals surface area contributed by atoms with E-state index in [1.54, 1.807) is 0 Å². The van der Waals surface area contributed by atoms with Crippen molar-refractivity contribution in [1.82, 2.24) is 10.2 Å². The van der Waals surface area contributed by atoms with Crippen LogP contribution < -0.4 is 14.8 Å². The summed E-state index contributed by atoms with van der Waals surface area (Å²) in [6, 6.07) is 12.6. The summed E-state index contributed by atoms with van der Waals surface area (Å²) in [5.41, 5.74) is 3.57. The minimum absolute atomic E-state index is 0. The lowest BCUT2D eigenvalue weighted by Crippen LogP contribution is -2.37. The molecule has 8 heteroatoms. The van der Waals surface area contributed by atoms with Crippen molar-refractivity contribution >= 4 is 40.7 Å². The van der Waals surface area contributed by atoms with E-state index in [0.717, 1.165) is 73.9 Å². The molecule has 0 amide bonds. The molecule has 1 fully saturated rings. The predicted octanol–water partition coefficient (Wildman–Crippen LogP) is 5.39. The van der Waals surface area contributed by atoms with Crippen LogP contribution >= 0.6 is 40.7 Å². The van der Waals surface area contributed by atoms with Crippen LogP contribution in [0.3, 0.4) is 0 Å². The van der Waals surface area contributed by atoms with Crippen molar-refractivity contribution in [3.8, 4) is 11.5 Å². The summed E-state index contributed by atoms with van der Waals surface area (Å²) in [6.07, 6.45) is 1.14. The molecule has 1 aliphatic heterocycles. The van der Waals surface area contributed by atoms with Crippen molar-refractivity contribution in [2.45, 2.75) is 33.4 Å². The highest BCUT2D eigenvalue weighted by atomic mass is 79.9. The number of rotatable bonds is 11. The second-order valence-electron chi connectivity index (χ2n) is 7.60. The lowest BCUT2D eigenvalue weighted by atomic mass is 10.1. The summed E-state index contributed by atoms with van der Waals surface area (Å²) in [5, 5.41) is 3.55. The minimum Gasteiger partial charge on any atom is -0.490 e. The van der Waals surface area contributed by atoms with Crippen LogP contribution in [0.2, 0.25) is 0 Å². The molecule has 3 rings (SSSR count). The first-order valence-corrected chi connectivity index (χ1v) is 11.6. The Morgan fingerprint density at radius 2 is 1.75 bits per heavy atom. The third-order valence-electron chi connectivity index (χ3n) is 5.13. The molecule has 0 saturated carbocycles. The van der Waals surface area contributed by atoms with Gasteiger partial charge in [-0.05, 0) is 72.5 Å². The molecule has 0 aromatic heterocycles. The third kappa shape index (κ3) is 9.46. The first kappa shape index (κ1) is 29.0. The van der Waals surface area contributed by atoms with Gasteiger partial charge in [0.25, 0.3) is 0 Å². The van der Waals surface area contributed by atoms with Gasteiger partial charge in [-0.15, -0.1) is 24.8 Å². The van der Waals surface area contributed by atoms with Crippen molar-refractivity contribution in [3.63, 3.8) is 0 Å². The molecule has 180 valence electrons. The maximum absolute atomic E-state index is 6.10. The molecule has 32 heavy (non-hydrogen) atoms. The molecule has 2 aromatic carbocycles. The molecule has 1 aliphatic rings. The first-order valence-electron chi connectivity index (χ1n) is 10.8. The van der Waals surface area contributed by atoms with Gasteiger partial charge in [0.2, 0.25) is 0 Å². The van der Waals surface area contributed by atoms with Gasteiger partial charge >= 0.3 is 0 Å². The molecule has 5 nitrogen and oxygen atoms in total. The van der Waals surface area contributed by atoms with E-state index in [2.05, 4.69) is 69.5 Å². The summed E-state index contributed by atoms with van der Waals surface area (Å²) < 4.78 is 18.3. The van der Waals surface area contributed by atoms with Crippen molar-refractivity contribution in [2.75, 3.05) is 46.0 Å². The average Bonchev–Trinajstić information content (AvgIpc) is 2.75. The van der Waals surface area contributed by atoms with Crippen LogP contribution in [0, 0.1) is 6.92 Å². The molecule has 1 heterocycles. The molecular formula is C24H35BrCl2N2O3. The standard InChI is InChI=1S/C24H33BrN2O3.2ClH/c1-3-29-23-16-21(17-26-9-4-10-27-11-13-28-14-12-27)15-22(25)24(23)30-18-20-7-5-19(2)6-8-20;;/h5-8,15-16,26H,3-4,9-14,17-18H2,1-2H3;2*1H. The first-order chi connectivity index (χ1) is 14.7. The van der Waals surface area contributed by atoms with Crippen LogP contribution in [0.5, 0.6) is 11.5 Å². The minimum atomic E-state index is 0. The van der Waals surface area contributed by atoms with Gasteiger partial charge in [-0.25, -0.2) is 0 Å². The summed E-state index contributed by atoms with van der Waals surface area (Å²) in [5.74, 6) is 1.54. The smallest absolute Gasteiger partial charge is 0.175 e. The summed E-state index contributed by atoms with van der Waals surface area (Å²) in [7, 11) is 0. The lowest BCUT2D eigenvalue weighted by molar-refractivity contribution is 0.0374. The number of ether oxygens (including phenoxy) is 3. The van der Waals surface area contributed by atoms with Gasteiger partial charge in [-0.3, -0.25) is 4.90 Å². The highest BCUT2D eigenvalue weighted by Gasteiger charge is 2.13. The third-order valence-corrected chi connectivity index (χ3v) is 5.72. The maximum Gasteiger partial charge on any atom is 0.175 e. The fourth-order valence-electron chi connectivity index (χ4n) is 3.45. The van der Waals surface area contributed by atoms with E-state index in [9.17, 15) is 0 Å². The van der Waals surface area contributed by atoms with Crippen LogP contribution in [0.4, 0.5) is 0 Å². The molecule has 0 aliphatic carbocycles. The zero-order chi connectivity index (χ0) is 21.2. The van der Waals surface area contributed by atoms with Gasteiger partial charge in [0.1, 0.15) is 6.61 Å². The van der Waals surface area contributed by atoms with Gasteiger partial charge in [0.15, 0.2) is 11.5 Å². The molecule has 2 aromatic rings. The van der Waals surface area contributed by atoms with Crippen molar-refractivity contribution in [2.24, 2.45) is 0 Å². The molecule has 0 spiro atoms. The predicted molar refractivity (Wildman–Crippen MR) is 139 cm³/mol. The average molecular weight is 550 g/mol. The van der Waals surface area contributed by atoms with Gasteiger partial charge in [-0.2, -0.15) is 0 Å². The molecule has 0 atom stereocenters. The number of benzene rings is 2. The van der Waals surface area contributed by atoms with E-state index in [0.29, 0.717) is 13.2 Å². The Bertz CT molecular complexity index is 788.